The lowest BCUT2D eigenvalue weighted by molar-refractivity contribution is -0.148. The molecule has 1 aliphatic carbocycles. The van der Waals surface area contributed by atoms with Crippen LogP contribution in [-0.4, -0.2) is 62.4 Å². The van der Waals surface area contributed by atoms with Gasteiger partial charge in [0.25, 0.3) is 0 Å². The topological polar surface area (TPSA) is 50.8 Å². The highest BCUT2D eigenvalue weighted by Gasteiger charge is 2.38. The van der Waals surface area contributed by atoms with Gasteiger partial charge in [-0.15, -0.1) is 0 Å². The lowest BCUT2D eigenvalue weighted by Crippen LogP contribution is -2.51. The number of hydrogen-bond donors (Lipinski definition) is 1. The molecule has 1 N–H and O–H groups in total. The van der Waals surface area contributed by atoms with Crippen LogP contribution in [-0.2, 0) is 14.3 Å². The first-order valence-corrected chi connectivity index (χ1v) is 8.18. The Hall–Kier alpha value is -0.650. The molecular weight excluding hydrogens is 268 g/mol. The second-order valence-electron chi connectivity index (χ2n) is 6.65. The molecule has 2 rings (SSSR count). The fraction of sp³-hybridized carbons (Fsp3) is 0.938. The summed E-state index contributed by atoms with van der Waals surface area (Å²) < 4.78 is 10.4. The van der Waals surface area contributed by atoms with Crippen LogP contribution in [0.25, 0.3) is 0 Å². The van der Waals surface area contributed by atoms with Crippen molar-refractivity contribution in [3.8, 4) is 0 Å². The molecule has 0 spiro atoms. The third-order valence-electron chi connectivity index (χ3n) is 4.70. The fourth-order valence-electron chi connectivity index (χ4n) is 3.14. The normalized spacial score (nSPS) is 25.8. The molecule has 0 amide bonds. The Labute approximate surface area is 128 Å². The predicted molar refractivity (Wildman–Crippen MR) is 82.3 cm³/mol. The number of esters is 1. The highest BCUT2D eigenvalue weighted by molar-refractivity contribution is 5.80. The lowest BCUT2D eigenvalue weighted by atomic mass is 9.94. The van der Waals surface area contributed by atoms with E-state index in [0.717, 1.165) is 45.3 Å². The van der Waals surface area contributed by atoms with Crippen molar-refractivity contribution in [1.29, 1.82) is 0 Å². The predicted octanol–water partition coefficient (Wildman–Crippen LogP) is 1.56. The molecule has 2 fully saturated rings. The van der Waals surface area contributed by atoms with Gasteiger partial charge >= 0.3 is 5.97 Å². The Morgan fingerprint density at radius 2 is 2.05 bits per heavy atom. The molecule has 5 nitrogen and oxygen atoms in total. The fourth-order valence-corrected chi connectivity index (χ4v) is 3.14. The Morgan fingerprint density at radius 1 is 1.29 bits per heavy atom. The number of carbonyl (C=O) groups excluding carboxylic acids is 1. The molecule has 2 atom stereocenters. The van der Waals surface area contributed by atoms with Gasteiger partial charge in [0.2, 0.25) is 0 Å². The van der Waals surface area contributed by atoms with E-state index in [2.05, 4.69) is 10.2 Å². The van der Waals surface area contributed by atoms with Gasteiger partial charge in [-0.25, -0.2) is 0 Å². The average molecular weight is 298 g/mol. The Morgan fingerprint density at radius 3 is 2.62 bits per heavy atom. The van der Waals surface area contributed by atoms with Crippen molar-refractivity contribution >= 4 is 5.97 Å². The minimum absolute atomic E-state index is 0.130. The summed E-state index contributed by atoms with van der Waals surface area (Å²) in [4.78, 5) is 14.5. The van der Waals surface area contributed by atoms with Gasteiger partial charge in [-0.2, -0.15) is 0 Å². The molecule has 0 aromatic rings. The van der Waals surface area contributed by atoms with Crippen molar-refractivity contribution in [3.63, 3.8) is 0 Å². The SMILES string of the molecule is COC(=O)C(C)(CCCCN1CCC(OC)C1)NC1CC1. The molecule has 2 unspecified atom stereocenters. The zero-order valence-electron chi connectivity index (χ0n) is 13.7. The summed E-state index contributed by atoms with van der Waals surface area (Å²) in [7, 11) is 3.27. The van der Waals surface area contributed by atoms with Crippen LogP contribution >= 0.6 is 0 Å². The number of rotatable bonds is 9. The Kier molecular flexibility index (Phi) is 6.02. The first kappa shape index (κ1) is 16.7. The first-order chi connectivity index (χ1) is 10.1. The number of carbonyl (C=O) groups is 1. The van der Waals surface area contributed by atoms with Gasteiger partial charge in [-0.05, 0) is 52.0 Å². The highest BCUT2D eigenvalue weighted by Crippen LogP contribution is 2.26. The summed E-state index contributed by atoms with van der Waals surface area (Å²) in [5.41, 5.74) is -0.518. The van der Waals surface area contributed by atoms with Crippen molar-refractivity contribution in [1.82, 2.24) is 10.2 Å². The van der Waals surface area contributed by atoms with E-state index in [0.29, 0.717) is 12.1 Å². The first-order valence-electron chi connectivity index (χ1n) is 8.18. The van der Waals surface area contributed by atoms with Crippen molar-refractivity contribution in [3.05, 3.63) is 0 Å². The van der Waals surface area contributed by atoms with E-state index < -0.39 is 5.54 Å². The molecule has 1 saturated carbocycles. The van der Waals surface area contributed by atoms with Gasteiger partial charge in [0.05, 0.1) is 13.2 Å². The van der Waals surface area contributed by atoms with Gasteiger partial charge in [0, 0.05) is 26.2 Å². The van der Waals surface area contributed by atoms with Crippen LogP contribution in [0.2, 0.25) is 0 Å². The third-order valence-corrected chi connectivity index (χ3v) is 4.70. The van der Waals surface area contributed by atoms with Crippen molar-refractivity contribution < 1.29 is 14.3 Å². The summed E-state index contributed by atoms with van der Waals surface area (Å²) in [5.74, 6) is -0.130. The van der Waals surface area contributed by atoms with Crippen LogP contribution in [0.4, 0.5) is 0 Å². The Balaban J connectivity index is 1.68. The molecular formula is C16H30N2O3. The molecule has 1 heterocycles. The van der Waals surface area contributed by atoms with E-state index in [1.54, 1.807) is 7.11 Å². The monoisotopic (exact) mass is 298 g/mol. The molecule has 0 radical (unpaired) electrons. The zero-order chi connectivity index (χ0) is 15.3. The second-order valence-corrected chi connectivity index (χ2v) is 6.65. The number of methoxy groups -OCH3 is 2. The largest absolute Gasteiger partial charge is 0.468 e. The Bertz CT molecular complexity index is 346. The van der Waals surface area contributed by atoms with Gasteiger partial charge in [0.15, 0.2) is 0 Å². The summed E-state index contributed by atoms with van der Waals surface area (Å²) in [6.45, 7) is 5.26. The molecule has 1 aliphatic heterocycles. The molecule has 122 valence electrons. The van der Waals surface area contributed by atoms with E-state index in [1.807, 2.05) is 6.92 Å². The zero-order valence-corrected chi connectivity index (χ0v) is 13.7. The van der Waals surface area contributed by atoms with Crippen LogP contribution in [0.15, 0.2) is 0 Å². The molecule has 21 heavy (non-hydrogen) atoms. The van der Waals surface area contributed by atoms with Crippen LogP contribution in [0.3, 0.4) is 0 Å². The van der Waals surface area contributed by atoms with Gasteiger partial charge in [-0.3, -0.25) is 10.1 Å². The third kappa shape index (κ3) is 4.94. The maximum absolute atomic E-state index is 12.0. The van der Waals surface area contributed by atoms with Gasteiger partial charge in [-0.1, -0.05) is 0 Å². The van der Waals surface area contributed by atoms with E-state index in [1.165, 1.54) is 20.0 Å². The van der Waals surface area contributed by atoms with Crippen LogP contribution in [0, 0.1) is 0 Å². The minimum Gasteiger partial charge on any atom is -0.468 e. The standard InChI is InChI=1S/C16H30N2O3/c1-16(15(19)21-3,17-13-6-7-13)9-4-5-10-18-11-8-14(12-18)20-2/h13-14,17H,4-12H2,1-3H3. The molecule has 0 aromatic carbocycles. The molecule has 2 aliphatic rings. The van der Waals surface area contributed by atoms with E-state index in [-0.39, 0.29) is 5.97 Å². The quantitative estimate of drug-likeness (QED) is 0.517. The number of nitrogens with zero attached hydrogens (tertiary/aromatic N) is 1. The minimum atomic E-state index is -0.518. The maximum atomic E-state index is 12.0. The van der Waals surface area contributed by atoms with Crippen LogP contribution in [0.5, 0.6) is 0 Å². The number of hydrogen-bond acceptors (Lipinski definition) is 5. The van der Waals surface area contributed by atoms with E-state index >= 15 is 0 Å². The van der Waals surface area contributed by atoms with E-state index in [9.17, 15) is 4.79 Å². The highest BCUT2D eigenvalue weighted by atomic mass is 16.5. The van der Waals surface area contributed by atoms with Crippen molar-refractivity contribution in [2.24, 2.45) is 0 Å². The van der Waals surface area contributed by atoms with Crippen LogP contribution in [0.1, 0.15) is 45.4 Å². The van der Waals surface area contributed by atoms with Crippen LogP contribution < -0.4 is 5.32 Å². The molecule has 0 aromatic heterocycles. The van der Waals surface area contributed by atoms with Crippen molar-refractivity contribution in [2.45, 2.75) is 63.1 Å². The summed E-state index contributed by atoms with van der Waals surface area (Å²) >= 11 is 0. The van der Waals surface area contributed by atoms with Gasteiger partial charge in [0.1, 0.15) is 5.54 Å². The molecule has 5 heteroatoms. The summed E-state index contributed by atoms with van der Waals surface area (Å²) in [5, 5.41) is 3.45. The number of likely N-dealkylation sites (tertiary alicyclic amines) is 1. The lowest BCUT2D eigenvalue weighted by Gasteiger charge is -2.28. The molecule has 1 saturated heterocycles. The average Bonchev–Trinajstić information content (AvgIpc) is 3.17. The van der Waals surface area contributed by atoms with E-state index in [4.69, 9.17) is 9.47 Å². The molecule has 0 bridgehead atoms. The van der Waals surface area contributed by atoms with Gasteiger partial charge < -0.3 is 14.4 Å². The number of ether oxygens (including phenoxy) is 2. The number of unbranched alkanes of at least 4 members (excludes halogenated alkanes) is 1. The summed E-state index contributed by atoms with van der Waals surface area (Å²) in [6.07, 6.45) is 6.91. The smallest absolute Gasteiger partial charge is 0.325 e. The summed E-state index contributed by atoms with van der Waals surface area (Å²) in [6, 6.07) is 0.509. The second kappa shape index (κ2) is 7.56. The van der Waals surface area contributed by atoms with Crippen molar-refractivity contribution in [2.75, 3.05) is 33.9 Å². The maximum Gasteiger partial charge on any atom is 0.325 e. The number of nitrogens with one attached hydrogen (secondary N) is 1.